The van der Waals surface area contributed by atoms with Crippen molar-refractivity contribution in [3.8, 4) is 22.5 Å². The first-order valence-electron chi connectivity index (χ1n) is 15.2. The van der Waals surface area contributed by atoms with Gasteiger partial charge in [-0.2, -0.15) is 0 Å². The van der Waals surface area contributed by atoms with E-state index in [2.05, 4.69) is 40.3 Å². The summed E-state index contributed by atoms with van der Waals surface area (Å²) in [5.41, 5.74) is 4.87. The molecule has 6 rings (SSSR count). The van der Waals surface area contributed by atoms with Crippen molar-refractivity contribution in [2.45, 2.75) is 70.0 Å². The van der Waals surface area contributed by atoms with E-state index in [0.717, 1.165) is 77.0 Å². The number of hydrogen-bond acceptors (Lipinski definition) is 6. The average molecular weight is 582 g/mol. The van der Waals surface area contributed by atoms with Gasteiger partial charge in [-0.25, -0.2) is 9.97 Å². The molecule has 1 aliphatic carbocycles. The molecule has 3 atom stereocenters. The fourth-order valence-electron chi connectivity index (χ4n) is 6.43. The van der Waals surface area contributed by atoms with Crippen LogP contribution in [0.5, 0.6) is 0 Å². The first kappa shape index (κ1) is 28.5. The number of amides is 2. The fourth-order valence-corrected chi connectivity index (χ4v) is 7.40. The quantitative estimate of drug-likeness (QED) is 0.253. The van der Waals surface area contributed by atoms with Crippen molar-refractivity contribution in [1.29, 1.82) is 0 Å². The van der Waals surface area contributed by atoms with Gasteiger partial charge in [-0.1, -0.05) is 67.8 Å². The highest BCUT2D eigenvalue weighted by molar-refractivity contribution is 7.10. The third-order valence-corrected chi connectivity index (χ3v) is 9.86. The first-order chi connectivity index (χ1) is 20.5. The lowest BCUT2D eigenvalue weighted by atomic mass is 9.83. The van der Waals surface area contributed by atoms with E-state index in [1.54, 1.807) is 18.4 Å². The van der Waals surface area contributed by atoms with E-state index in [0.29, 0.717) is 6.54 Å². The molecule has 1 saturated carbocycles. The molecule has 0 spiro atoms. The second kappa shape index (κ2) is 12.7. The SMILES string of the molecule is CN[C@@H](C)C(=O)N[C@H](C(=O)N1CCCC1c1nc(-c2cc(-c3ccccc3)nc3ccccc23)cs1)C1CCCCC1. The van der Waals surface area contributed by atoms with Crippen molar-refractivity contribution in [1.82, 2.24) is 25.5 Å². The summed E-state index contributed by atoms with van der Waals surface area (Å²) in [5, 5.41) is 10.3. The maximum atomic E-state index is 14.2. The number of nitrogens with one attached hydrogen (secondary N) is 2. The van der Waals surface area contributed by atoms with Crippen LogP contribution in [0.15, 0.2) is 66.0 Å². The molecule has 7 nitrogen and oxygen atoms in total. The molecule has 1 unspecified atom stereocenters. The van der Waals surface area contributed by atoms with Crippen LogP contribution in [-0.4, -0.2) is 52.4 Å². The van der Waals surface area contributed by atoms with E-state index in [4.69, 9.17) is 9.97 Å². The van der Waals surface area contributed by atoms with Gasteiger partial charge < -0.3 is 15.5 Å². The number of fused-ring (bicyclic) bond motifs is 1. The molecule has 0 bridgehead atoms. The average Bonchev–Trinajstić information content (AvgIpc) is 3.73. The van der Waals surface area contributed by atoms with Gasteiger partial charge in [0.25, 0.3) is 0 Å². The minimum absolute atomic E-state index is 0.0403. The number of likely N-dealkylation sites (tertiary alicyclic amines) is 1. The standard InChI is InChI=1S/C34H39N5O2S/c1-22(35-2)32(40)38-31(24-14-7-4-8-15-24)34(41)39-19-11-18-30(39)33-37-29(21-42-33)26-20-28(23-12-5-3-6-13-23)36-27-17-10-9-16-25(26)27/h3,5-6,9-10,12-13,16-17,20-22,24,30-31,35H,4,7-8,11,14-15,18-19H2,1-2H3,(H,38,40)/t22-,30?,31-/m0/s1. The maximum Gasteiger partial charge on any atom is 0.246 e. The Kier molecular flexibility index (Phi) is 8.63. The maximum absolute atomic E-state index is 14.2. The van der Waals surface area contributed by atoms with Gasteiger partial charge >= 0.3 is 0 Å². The smallest absolute Gasteiger partial charge is 0.246 e. The molecule has 2 aliphatic rings. The Morgan fingerprint density at radius 2 is 1.69 bits per heavy atom. The molecule has 8 heteroatoms. The van der Waals surface area contributed by atoms with Crippen LogP contribution in [0.3, 0.4) is 0 Å². The molecule has 2 amide bonds. The number of pyridine rings is 1. The lowest BCUT2D eigenvalue weighted by Crippen LogP contribution is -2.55. The second-order valence-electron chi connectivity index (χ2n) is 11.6. The van der Waals surface area contributed by atoms with E-state index < -0.39 is 6.04 Å². The lowest BCUT2D eigenvalue weighted by Gasteiger charge is -2.35. The summed E-state index contributed by atoms with van der Waals surface area (Å²) in [5.74, 6) is 0.0953. The van der Waals surface area contributed by atoms with Crippen molar-refractivity contribution in [2.24, 2.45) is 5.92 Å². The van der Waals surface area contributed by atoms with E-state index in [-0.39, 0.29) is 29.8 Å². The molecule has 2 N–H and O–H groups in total. The van der Waals surface area contributed by atoms with E-state index in [9.17, 15) is 9.59 Å². The Morgan fingerprint density at radius 3 is 2.48 bits per heavy atom. The number of benzene rings is 2. The molecule has 1 saturated heterocycles. The van der Waals surface area contributed by atoms with Gasteiger partial charge in [-0.05, 0) is 57.7 Å². The van der Waals surface area contributed by atoms with Crippen LogP contribution < -0.4 is 10.6 Å². The Balaban J connectivity index is 1.30. The van der Waals surface area contributed by atoms with Crippen molar-refractivity contribution >= 4 is 34.1 Å². The van der Waals surface area contributed by atoms with Crippen LogP contribution in [0, 0.1) is 5.92 Å². The Bertz CT molecular complexity index is 1550. The molecule has 4 aromatic rings. The first-order valence-corrected chi connectivity index (χ1v) is 16.1. The van der Waals surface area contributed by atoms with Gasteiger partial charge in [0.2, 0.25) is 11.8 Å². The summed E-state index contributed by atoms with van der Waals surface area (Å²) in [7, 11) is 1.77. The highest BCUT2D eigenvalue weighted by atomic mass is 32.1. The molecule has 1 aliphatic heterocycles. The number of hydrogen-bond donors (Lipinski definition) is 2. The van der Waals surface area contributed by atoms with Gasteiger partial charge in [-0.15, -0.1) is 11.3 Å². The van der Waals surface area contributed by atoms with Gasteiger partial charge in [-0.3, -0.25) is 9.59 Å². The Morgan fingerprint density at radius 1 is 0.929 bits per heavy atom. The Labute approximate surface area is 251 Å². The second-order valence-corrected chi connectivity index (χ2v) is 12.5. The third kappa shape index (κ3) is 5.83. The molecular formula is C34H39N5O2S. The summed E-state index contributed by atoms with van der Waals surface area (Å²) in [6.07, 6.45) is 7.17. The topological polar surface area (TPSA) is 87.2 Å². The van der Waals surface area contributed by atoms with Crippen LogP contribution >= 0.6 is 11.3 Å². The predicted octanol–water partition coefficient (Wildman–Crippen LogP) is 6.36. The van der Waals surface area contributed by atoms with Crippen molar-refractivity contribution in [3.05, 3.63) is 71.1 Å². The van der Waals surface area contributed by atoms with Crippen molar-refractivity contribution < 1.29 is 9.59 Å². The van der Waals surface area contributed by atoms with Crippen molar-refractivity contribution in [2.75, 3.05) is 13.6 Å². The van der Waals surface area contributed by atoms with Crippen LogP contribution in [0.25, 0.3) is 33.4 Å². The molecule has 218 valence electrons. The molecule has 0 radical (unpaired) electrons. The number of thiazole rings is 1. The van der Waals surface area contributed by atoms with E-state index in [1.807, 2.05) is 48.2 Å². The number of para-hydroxylation sites is 1. The zero-order valence-corrected chi connectivity index (χ0v) is 25.2. The molecule has 42 heavy (non-hydrogen) atoms. The van der Waals surface area contributed by atoms with Gasteiger partial charge in [0.15, 0.2) is 0 Å². The van der Waals surface area contributed by atoms with Crippen LogP contribution in [0.2, 0.25) is 0 Å². The lowest BCUT2D eigenvalue weighted by molar-refractivity contribution is -0.139. The summed E-state index contributed by atoms with van der Waals surface area (Å²) in [6.45, 7) is 2.52. The normalized spacial score (nSPS) is 19.1. The summed E-state index contributed by atoms with van der Waals surface area (Å²) >= 11 is 1.62. The highest BCUT2D eigenvalue weighted by Crippen LogP contribution is 2.39. The monoisotopic (exact) mass is 581 g/mol. The van der Waals surface area contributed by atoms with Crippen molar-refractivity contribution in [3.63, 3.8) is 0 Å². The van der Waals surface area contributed by atoms with Gasteiger partial charge in [0.1, 0.15) is 11.0 Å². The van der Waals surface area contributed by atoms with Crippen LogP contribution in [-0.2, 0) is 9.59 Å². The molecule has 2 aromatic carbocycles. The van der Waals surface area contributed by atoms with Crippen LogP contribution in [0.4, 0.5) is 0 Å². The number of nitrogens with zero attached hydrogens (tertiary/aromatic N) is 3. The zero-order chi connectivity index (χ0) is 29.1. The number of carbonyl (C=O) groups excluding carboxylic acids is 2. The summed E-state index contributed by atoms with van der Waals surface area (Å²) < 4.78 is 0. The van der Waals surface area contributed by atoms with E-state index >= 15 is 0 Å². The third-order valence-electron chi connectivity index (χ3n) is 8.92. The molecule has 3 heterocycles. The molecular weight excluding hydrogens is 542 g/mol. The van der Waals surface area contributed by atoms with Crippen LogP contribution in [0.1, 0.15) is 62.9 Å². The minimum Gasteiger partial charge on any atom is -0.343 e. The zero-order valence-electron chi connectivity index (χ0n) is 24.4. The number of likely N-dealkylation sites (N-methyl/N-ethyl adjacent to an activating group) is 1. The van der Waals surface area contributed by atoms with Gasteiger partial charge in [0, 0.05) is 28.4 Å². The largest absolute Gasteiger partial charge is 0.343 e. The number of aromatic nitrogens is 2. The molecule has 2 aromatic heterocycles. The van der Waals surface area contributed by atoms with E-state index in [1.165, 1.54) is 6.42 Å². The van der Waals surface area contributed by atoms with Gasteiger partial charge in [0.05, 0.1) is 29.0 Å². The highest BCUT2D eigenvalue weighted by Gasteiger charge is 2.40. The summed E-state index contributed by atoms with van der Waals surface area (Å²) in [4.78, 5) is 39.2. The molecule has 2 fully saturated rings. The fraction of sp³-hybridized carbons (Fsp3) is 0.412. The summed E-state index contributed by atoms with van der Waals surface area (Å²) in [6, 6.07) is 19.6. The minimum atomic E-state index is -0.494. The predicted molar refractivity (Wildman–Crippen MR) is 169 cm³/mol. The Hall–Kier alpha value is -3.62. The number of carbonyl (C=O) groups is 2. The number of rotatable bonds is 8.